The molecule has 4 rings (SSSR count). The van der Waals surface area contributed by atoms with E-state index in [1.54, 1.807) is 31.3 Å². The lowest BCUT2D eigenvalue weighted by atomic mass is 10.1. The van der Waals surface area contributed by atoms with E-state index < -0.39 is 27.4 Å². The fraction of sp³-hybridized carbons (Fsp3) is 0.0455. The third-order valence-corrected chi connectivity index (χ3v) is 8.00. The number of carbonyl (C=O) groups is 1. The van der Waals surface area contributed by atoms with E-state index in [1.165, 1.54) is 30.5 Å². The Hall–Kier alpha value is -3.74. The van der Waals surface area contributed by atoms with Crippen molar-refractivity contribution in [2.75, 3.05) is 12.4 Å². The quantitative estimate of drug-likeness (QED) is 0.265. The van der Waals surface area contributed by atoms with Crippen LogP contribution in [-0.4, -0.2) is 31.9 Å². The van der Waals surface area contributed by atoms with Crippen LogP contribution < -0.4 is 21.3 Å². The lowest BCUT2D eigenvalue weighted by Crippen LogP contribution is -2.34. The highest BCUT2D eigenvalue weighted by Crippen LogP contribution is 2.25. The summed E-state index contributed by atoms with van der Waals surface area (Å²) < 4.78 is 42.4. The minimum atomic E-state index is -4.14. The second kappa shape index (κ2) is 9.49. The molecular formula is C22H17ClFN5O4S2. The molecule has 0 aliphatic heterocycles. The second-order valence-corrected chi connectivity index (χ2v) is 10.8. The van der Waals surface area contributed by atoms with Crippen LogP contribution in [0.5, 0.6) is 0 Å². The normalized spacial score (nSPS) is 12.0. The number of aliphatic imine (C=N–C) groups is 1. The van der Waals surface area contributed by atoms with Gasteiger partial charge < -0.3 is 11.1 Å². The number of rotatable bonds is 5. The van der Waals surface area contributed by atoms with Crippen molar-refractivity contribution in [3.63, 3.8) is 0 Å². The van der Waals surface area contributed by atoms with Gasteiger partial charge in [0.2, 0.25) is 0 Å². The highest BCUT2D eigenvalue weighted by molar-refractivity contribution is 7.92. The number of thiophene rings is 1. The number of benzene rings is 2. The number of amides is 2. The van der Waals surface area contributed by atoms with E-state index in [-0.39, 0.29) is 19.9 Å². The molecule has 0 radical (unpaired) electrons. The van der Waals surface area contributed by atoms with E-state index in [4.69, 9.17) is 17.3 Å². The van der Waals surface area contributed by atoms with Gasteiger partial charge in [-0.15, -0.1) is 11.3 Å². The fourth-order valence-electron chi connectivity index (χ4n) is 3.28. The molecule has 0 fully saturated rings. The molecule has 9 nitrogen and oxygen atoms in total. The first-order valence-electron chi connectivity index (χ1n) is 9.86. The molecule has 4 aromatic rings. The molecule has 2 aromatic heterocycles. The van der Waals surface area contributed by atoms with Crippen molar-refractivity contribution in [2.24, 2.45) is 10.7 Å². The first kappa shape index (κ1) is 24.4. The van der Waals surface area contributed by atoms with Gasteiger partial charge in [0.15, 0.2) is 0 Å². The summed E-state index contributed by atoms with van der Waals surface area (Å²) in [5.74, 6) is -0.489. The summed E-state index contributed by atoms with van der Waals surface area (Å²) in [5.41, 5.74) is 5.95. The molecule has 0 aliphatic rings. The molecule has 13 heteroatoms. The maximum atomic E-state index is 14.9. The summed E-state index contributed by atoms with van der Waals surface area (Å²) in [6.45, 7) is 0. The molecule has 4 N–H and O–H groups in total. The summed E-state index contributed by atoms with van der Waals surface area (Å²) in [6, 6.07) is 11.7. The smallest absolute Gasteiger partial charge is 0.333 e. The van der Waals surface area contributed by atoms with Crippen LogP contribution in [0.2, 0.25) is 4.34 Å². The minimum absolute atomic E-state index is 0.0176. The van der Waals surface area contributed by atoms with Crippen LogP contribution in [0.25, 0.3) is 16.5 Å². The van der Waals surface area contributed by atoms with Crippen molar-refractivity contribution in [1.29, 1.82) is 0 Å². The van der Waals surface area contributed by atoms with E-state index in [9.17, 15) is 22.4 Å². The van der Waals surface area contributed by atoms with E-state index in [1.807, 2.05) is 4.72 Å². The van der Waals surface area contributed by atoms with Crippen LogP contribution in [0.3, 0.4) is 0 Å². The largest absolute Gasteiger partial charge is 0.384 e. The molecule has 2 heterocycles. The van der Waals surface area contributed by atoms with Crippen LogP contribution in [0, 0.1) is 5.82 Å². The standard InChI is InChI=1S/C22H17ClFN5O4S2/c1-26-20(25)13-2-4-15-12(10-13)8-9-29(21(15)30)17-5-3-14(11-16(17)24)27-22(31)28-35(32,33)19-7-6-18(23)34-19/h2-11H,1H3,(H2,25,26)(H2,27,28,31). The maximum absolute atomic E-state index is 14.9. The first-order chi connectivity index (χ1) is 16.6. The number of nitrogens with one attached hydrogen (secondary N) is 2. The highest BCUT2D eigenvalue weighted by atomic mass is 35.5. The molecule has 2 amide bonds. The molecule has 180 valence electrons. The van der Waals surface area contributed by atoms with Crippen molar-refractivity contribution >= 4 is 61.3 Å². The lowest BCUT2D eigenvalue weighted by molar-refractivity contribution is 0.256. The molecule has 0 aliphatic carbocycles. The van der Waals surface area contributed by atoms with Gasteiger partial charge in [0.05, 0.1) is 10.0 Å². The monoisotopic (exact) mass is 533 g/mol. The van der Waals surface area contributed by atoms with Gasteiger partial charge in [-0.05, 0) is 53.9 Å². The van der Waals surface area contributed by atoms with Gasteiger partial charge in [-0.1, -0.05) is 17.7 Å². The Labute approximate surface area is 207 Å². The SMILES string of the molecule is CN=C(N)c1ccc2c(=O)n(-c3ccc(NC(=O)NS(=O)(=O)c4ccc(Cl)s4)cc3F)ccc2c1. The number of carbonyl (C=O) groups excluding carboxylic acids is 1. The average Bonchev–Trinajstić information content (AvgIpc) is 3.26. The van der Waals surface area contributed by atoms with E-state index in [0.29, 0.717) is 22.2 Å². The zero-order chi connectivity index (χ0) is 25.3. The predicted octanol–water partition coefficient (Wildman–Crippen LogP) is 3.69. The Kier molecular flexibility index (Phi) is 6.61. The number of pyridine rings is 1. The summed E-state index contributed by atoms with van der Waals surface area (Å²) in [4.78, 5) is 29.0. The van der Waals surface area contributed by atoms with Crippen molar-refractivity contribution in [2.45, 2.75) is 4.21 Å². The number of anilines is 1. The van der Waals surface area contributed by atoms with Crippen LogP contribution in [0.15, 0.2) is 74.8 Å². The van der Waals surface area contributed by atoms with Crippen molar-refractivity contribution in [1.82, 2.24) is 9.29 Å². The molecular weight excluding hydrogens is 517 g/mol. The molecule has 2 aromatic carbocycles. The Morgan fingerprint density at radius 1 is 1.14 bits per heavy atom. The minimum Gasteiger partial charge on any atom is -0.384 e. The van der Waals surface area contributed by atoms with E-state index in [2.05, 4.69) is 10.3 Å². The molecule has 0 saturated carbocycles. The van der Waals surface area contributed by atoms with Crippen LogP contribution >= 0.6 is 22.9 Å². The zero-order valence-corrected chi connectivity index (χ0v) is 20.3. The Morgan fingerprint density at radius 2 is 1.91 bits per heavy atom. The van der Waals surface area contributed by atoms with Gasteiger partial charge in [-0.2, -0.15) is 0 Å². The molecule has 0 bridgehead atoms. The number of hydrogen-bond acceptors (Lipinski definition) is 6. The van der Waals surface area contributed by atoms with E-state index >= 15 is 0 Å². The highest BCUT2D eigenvalue weighted by Gasteiger charge is 2.20. The number of nitrogens with zero attached hydrogens (tertiary/aromatic N) is 2. The topological polar surface area (TPSA) is 136 Å². The molecule has 0 saturated heterocycles. The van der Waals surface area contributed by atoms with Gasteiger partial charge in [0.25, 0.3) is 15.6 Å². The summed E-state index contributed by atoms with van der Waals surface area (Å²) >= 11 is 6.52. The molecule has 35 heavy (non-hydrogen) atoms. The number of urea groups is 1. The Balaban J connectivity index is 1.57. The van der Waals surface area contributed by atoms with Gasteiger partial charge in [0, 0.05) is 29.9 Å². The van der Waals surface area contributed by atoms with Gasteiger partial charge in [-0.25, -0.2) is 22.3 Å². The van der Waals surface area contributed by atoms with Crippen molar-refractivity contribution in [3.05, 3.63) is 86.9 Å². The second-order valence-electron chi connectivity index (χ2n) is 7.19. The number of fused-ring (bicyclic) bond motifs is 1. The summed E-state index contributed by atoms with van der Waals surface area (Å²) in [5, 5.41) is 3.21. The lowest BCUT2D eigenvalue weighted by Gasteiger charge is -2.12. The Morgan fingerprint density at radius 3 is 2.57 bits per heavy atom. The Bertz CT molecular complexity index is 1660. The number of aromatic nitrogens is 1. The number of halogens is 2. The number of nitrogens with two attached hydrogens (primary N) is 1. The first-order valence-corrected chi connectivity index (χ1v) is 12.5. The van der Waals surface area contributed by atoms with Gasteiger partial charge in [0.1, 0.15) is 15.9 Å². The van der Waals surface area contributed by atoms with Gasteiger partial charge >= 0.3 is 6.03 Å². The third kappa shape index (κ3) is 5.04. The van der Waals surface area contributed by atoms with E-state index in [0.717, 1.165) is 22.0 Å². The van der Waals surface area contributed by atoms with Crippen LogP contribution in [0.1, 0.15) is 5.56 Å². The molecule has 0 atom stereocenters. The fourth-order valence-corrected chi connectivity index (χ4v) is 5.67. The predicted molar refractivity (Wildman–Crippen MR) is 135 cm³/mol. The zero-order valence-electron chi connectivity index (χ0n) is 18.0. The van der Waals surface area contributed by atoms with Crippen molar-refractivity contribution in [3.8, 4) is 5.69 Å². The molecule has 0 spiro atoms. The maximum Gasteiger partial charge on any atom is 0.333 e. The summed E-state index contributed by atoms with van der Waals surface area (Å²) in [6.07, 6.45) is 1.42. The van der Waals surface area contributed by atoms with Crippen LogP contribution in [-0.2, 0) is 10.0 Å². The van der Waals surface area contributed by atoms with Crippen molar-refractivity contribution < 1.29 is 17.6 Å². The van der Waals surface area contributed by atoms with Crippen LogP contribution in [0.4, 0.5) is 14.9 Å². The number of sulfonamides is 1. The average molecular weight is 534 g/mol. The van der Waals surface area contributed by atoms with Gasteiger partial charge in [-0.3, -0.25) is 14.4 Å². The number of hydrogen-bond donors (Lipinski definition) is 3. The molecule has 0 unspecified atom stereocenters. The number of amidine groups is 1. The third-order valence-electron chi connectivity index (χ3n) is 4.95. The summed E-state index contributed by atoms with van der Waals surface area (Å²) in [7, 11) is -2.58.